The molecule has 0 spiro atoms. The Labute approximate surface area is 108 Å². The van der Waals surface area contributed by atoms with Crippen LogP contribution in [0.25, 0.3) is 0 Å². The van der Waals surface area contributed by atoms with Gasteiger partial charge in [-0.25, -0.2) is 4.79 Å². The molecular formula is C12H12N2O5. The van der Waals surface area contributed by atoms with Crippen molar-refractivity contribution in [1.29, 1.82) is 0 Å². The number of carbonyl (C=O) groups excluding carboxylic acids is 1. The lowest BCUT2D eigenvalue weighted by Gasteiger charge is -2.20. The number of amides is 1. The molecule has 4 N–H and O–H groups in total. The van der Waals surface area contributed by atoms with Gasteiger partial charge in [-0.1, -0.05) is 6.07 Å². The smallest absolute Gasteiger partial charge is 0.337 e. The number of hydrogen-bond donors (Lipinski definition) is 3. The number of para-hydroxylation sites is 1. The van der Waals surface area contributed by atoms with Gasteiger partial charge < -0.3 is 20.8 Å². The normalized spacial score (nSPS) is 18.6. The lowest BCUT2D eigenvalue weighted by Crippen LogP contribution is -2.28. The van der Waals surface area contributed by atoms with Gasteiger partial charge in [-0.2, -0.15) is 0 Å². The minimum atomic E-state index is -1.21. The molecule has 0 saturated carbocycles. The van der Waals surface area contributed by atoms with Crippen LogP contribution < -0.4 is 10.6 Å². The second kappa shape index (κ2) is 4.60. The number of nitrogens with two attached hydrogens (primary N) is 1. The van der Waals surface area contributed by atoms with E-state index >= 15 is 0 Å². The topological polar surface area (TPSA) is 121 Å². The van der Waals surface area contributed by atoms with Crippen molar-refractivity contribution in [2.75, 3.05) is 17.2 Å². The third-order valence-electron chi connectivity index (χ3n) is 3.04. The van der Waals surface area contributed by atoms with Gasteiger partial charge in [-0.05, 0) is 12.1 Å². The summed E-state index contributed by atoms with van der Waals surface area (Å²) in [5.74, 6) is -3.57. The van der Waals surface area contributed by atoms with Crippen molar-refractivity contribution < 1.29 is 24.6 Å². The Hall–Kier alpha value is -2.57. The first-order valence-corrected chi connectivity index (χ1v) is 5.56. The number of rotatable bonds is 3. The fraction of sp³-hybridized carbons (Fsp3) is 0.250. The van der Waals surface area contributed by atoms with E-state index in [9.17, 15) is 14.4 Å². The van der Waals surface area contributed by atoms with E-state index < -0.39 is 23.8 Å². The Kier molecular flexibility index (Phi) is 3.12. The molecule has 0 aliphatic carbocycles. The molecule has 1 aromatic rings. The van der Waals surface area contributed by atoms with Gasteiger partial charge >= 0.3 is 11.9 Å². The summed E-state index contributed by atoms with van der Waals surface area (Å²) in [6, 6.07) is 4.27. The Balaban J connectivity index is 2.45. The summed E-state index contributed by atoms with van der Waals surface area (Å²) in [5, 5.41) is 18.0. The maximum absolute atomic E-state index is 11.8. The molecule has 1 saturated heterocycles. The van der Waals surface area contributed by atoms with Crippen LogP contribution in [0.15, 0.2) is 18.2 Å². The lowest BCUT2D eigenvalue weighted by molar-refractivity contribution is -0.141. The molecule has 1 fully saturated rings. The summed E-state index contributed by atoms with van der Waals surface area (Å²) in [4.78, 5) is 35.0. The maximum Gasteiger partial charge on any atom is 0.337 e. The van der Waals surface area contributed by atoms with Gasteiger partial charge in [0.05, 0.1) is 22.9 Å². The number of nitrogens with zero attached hydrogens (tertiary/aromatic N) is 1. The van der Waals surface area contributed by atoms with Gasteiger partial charge in [0.25, 0.3) is 0 Å². The Morgan fingerprint density at radius 1 is 1.32 bits per heavy atom. The van der Waals surface area contributed by atoms with Gasteiger partial charge in [0.2, 0.25) is 5.91 Å². The molecule has 100 valence electrons. The van der Waals surface area contributed by atoms with Crippen molar-refractivity contribution in [3.8, 4) is 0 Å². The van der Waals surface area contributed by atoms with Crippen LogP contribution in [0, 0.1) is 5.92 Å². The van der Waals surface area contributed by atoms with E-state index in [0.29, 0.717) is 0 Å². The number of carbonyl (C=O) groups is 3. The second-order valence-electron chi connectivity index (χ2n) is 4.29. The van der Waals surface area contributed by atoms with E-state index in [4.69, 9.17) is 15.9 Å². The number of hydrogen-bond acceptors (Lipinski definition) is 4. The molecule has 1 aliphatic heterocycles. The zero-order valence-corrected chi connectivity index (χ0v) is 9.87. The summed E-state index contributed by atoms with van der Waals surface area (Å²) >= 11 is 0. The van der Waals surface area contributed by atoms with E-state index in [1.807, 2.05) is 0 Å². The van der Waals surface area contributed by atoms with E-state index in [2.05, 4.69) is 0 Å². The fourth-order valence-corrected chi connectivity index (χ4v) is 2.12. The molecule has 1 amide bonds. The first-order valence-electron chi connectivity index (χ1n) is 5.56. The van der Waals surface area contributed by atoms with Gasteiger partial charge in [-0.15, -0.1) is 0 Å². The van der Waals surface area contributed by atoms with Crippen molar-refractivity contribution >= 4 is 29.2 Å². The Morgan fingerprint density at radius 3 is 2.53 bits per heavy atom. The van der Waals surface area contributed by atoms with Crippen LogP contribution in [0.5, 0.6) is 0 Å². The van der Waals surface area contributed by atoms with Gasteiger partial charge in [0.1, 0.15) is 0 Å². The Bertz CT molecular complexity index is 569. The van der Waals surface area contributed by atoms with Crippen LogP contribution in [-0.2, 0) is 9.59 Å². The summed E-state index contributed by atoms with van der Waals surface area (Å²) < 4.78 is 0. The molecule has 1 aliphatic rings. The fourth-order valence-electron chi connectivity index (χ4n) is 2.12. The lowest BCUT2D eigenvalue weighted by atomic mass is 10.1. The van der Waals surface area contributed by atoms with Crippen LogP contribution in [-0.4, -0.2) is 34.6 Å². The number of aliphatic carboxylic acids is 1. The number of carboxylic acid groups (broad SMARTS) is 2. The molecular weight excluding hydrogens is 252 g/mol. The number of anilines is 2. The molecule has 19 heavy (non-hydrogen) atoms. The van der Waals surface area contributed by atoms with E-state index in [1.54, 1.807) is 0 Å². The maximum atomic E-state index is 11.8. The summed E-state index contributed by atoms with van der Waals surface area (Å²) in [7, 11) is 0. The van der Waals surface area contributed by atoms with Gasteiger partial charge in [0, 0.05) is 13.0 Å². The molecule has 1 unspecified atom stereocenters. The molecule has 7 heteroatoms. The molecule has 1 heterocycles. The molecule has 1 atom stereocenters. The summed E-state index contributed by atoms with van der Waals surface area (Å²) in [6.45, 7) is -0.0668. The quantitative estimate of drug-likeness (QED) is 0.679. The van der Waals surface area contributed by atoms with Crippen molar-refractivity contribution in [3.05, 3.63) is 23.8 Å². The van der Waals surface area contributed by atoms with Crippen molar-refractivity contribution in [1.82, 2.24) is 0 Å². The van der Waals surface area contributed by atoms with E-state index in [0.717, 1.165) is 4.90 Å². The zero-order valence-electron chi connectivity index (χ0n) is 9.87. The largest absolute Gasteiger partial charge is 0.481 e. The van der Waals surface area contributed by atoms with Crippen molar-refractivity contribution in [3.63, 3.8) is 0 Å². The first kappa shape index (κ1) is 12.9. The first-order chi connectivity index (χ1) is 8.91. The number of benzene rings is 1. The minimum absolute atomic E-state index is 0.0668. The molecule has 0 radical (unpaired) electrons. The third kappa shape index (κ3) is 2.22. The molecule has 7 nitrogen and oxygen atoms in total. The average Bonchev–Trinajstić information content (AvgIpc) is 2.71. The SMILES string of the molecule is Nc1cccc(C(=O)O)c1N1CC(C(=O)O)CC1=O. The van der Waals surface area contributed by atoms with Crippen LogP contribution in [0.3, 0.4) is 0 Å². The number of carboxylic acids is 2. The third-order valence-corrected chi connectivity index (χ3v) is 3.04. The van der Waals surface area contributed by atoms with Crippen LogP contribution >= 0.6 is 0 Å². The predicted molar refractivity (Wildman–Crippen MR) is 65.9 cm³/mol. The highest BCUT2D eigenvalue weighted by atomic mass is 16.4. The molecule has 0 bridgehead atoms. The summed E-state index contributed by atoms with van der Waals surface area (Å²) in [6.07, 6.45) is -0.150. The van der Waals surface area contributed by atoms with Crippen molar-refractivity contribution in [2.24, 2.45) is 5.92 Å². The molecule has 2 rings (SSSR count). The van der Waals surface area contributed by atoms with Gasteiger partial charge in [0.15, 0.2) is 0 Å². The minimum Gasteiger partial charge on any atom is -0.481 e. The highest BCUT2D eigenvalue weighted by Gasteiger charge is 2.37. The monoisotopic (exact) mass is 264 g/mol. The van der Waals surface area contributed by atoms with E-state index in [1.165, 1.54) is 18.2 Å². The second-order valence-corrected chi connectivity index (χ2v) is 4.29. The number of nitrogen functional groups attached to an aromatic ring is 1. The highest BCUT2D eigenvalue weighted by Crippen LogP contribution is 2.33. The number of aromatic carboxylic acids is 1. The van der Waals surface area contributed by atoms with Gasteiger partial charge in [-0.3, -0.25) is 9.59 Å². The standard InChI is InChI=1S/C12H12N2O5/c13-8-3-1-2-7(12(18)19)10(8)14-5-6(11(16)17)4-9(14)15/h1-3,6H,4-5,13H2,(H,16,17)(H,18,19). The Morgan fingerprint density at radius 2 is 2.00 bits per heavy atom. The highest BCUT2D eigenvalue weighted by molar-refractivity contribution is 6.07. The predicted octanol–water partition coefficient (Wildman–Crippen LogP) is 0.404. The van der Waals surface area contributed by atoms with Crippen LogP contribution in [0.2, 0.25) is 0 Å². The summed E-state index contributed by atoms with van der Waals surface area (Å²) in [5.41, 5.74) is 5.82. The molecule has 1 aromatic carbocycles. The average molecular weight is 264 g/mol. The molecule has 0 aromatic heterocycles. The zero-order chi connectivity index (χ0) is 14.2. The van der Waals surface area contributed by atoms with Crippen molar-refractivity contribution in [2.45, 2.75) is 6.42 Å². The van der Waals surface area contributed by atoms with E-state index in [-0.39, 0.29) is 29.9 Å². The van der Waals surface area contributed by atoms with Crippen LogP contribution in [0.1, 0.15) is 16.8 Å². The van der Waals surface area contributed by atoms with Crippen LogP contribution in [0.4, 0.5) is 11.4 Å².